The van der Waals surface area contributed by atoms with Gasteiger partial charge in [-0.1, -0.05) is 41.9 Å². The second kappa shape index (κ2) is 10.6. The van der Waals surface area contributed by atoms with Crippen LogP contribution in [0.3, 0.4) is 0 Å². The van der Waals surface area contributed by atoms with E-state index in [-0.39, 0.29) is 24.4 Å². The molecule has 1 heterocycles. The average molecular weight is 455 g/mol. The Kier molecular flexibility index (Phi) is 7.88. The van der Waals surface area contributed by atoms with E-state index in [0.717, 1.165) is 10.4 Å². The molecular formula is C25H27ClN2O2S. The molecule has 162 valence electrons. The number of benzene rings is 2. The molecule has 0 unspecified atom stereocenters. The smallest absolute Gasteiger partial charge is 0.254 e. The zero-order chi connectivity index (χ0) is 22.4. The van der Waals surface area contributed by atoms with E-state index in [9.17, 15) is 9.59 Å². The first-order chi connectivity index (χ1) is 14.8. The van der Waals surface area contributed by atoms with Crippen molar-refractivity contribution in [3.8, 4) is 0 Å². The summed E-state index contributed by atoms with van der Waals surface area (Å²) in [6, 6.07) is 18.7. The predicted octanol–water partition coefficient (Wildman–Crippen LogP) is 5.79. The zero-order valence-electron chi connectivity index (χ0n) is 18.0. The summed E-state index contributed by atoms with van der Waals surface area (Å²) in [5.41, 5.74) is 2.76. The largest absolute Gasteiger partial charge is 0.332 e. The van der Waals surface area contributed by atoms with Gasteiger partial charge in [0.1, 0.15) is 6.54 Å². The van der Waals surface area contributed by atoms with Gasteiger partial charge in [-0.05, 0) is 67.6 Å². The summed E-state index contributed by atoms with van der Waals surface area (Å²) in [7, 11) is 0. The molecule has 0 atom stereocenters. The lowest BCUT2D eigenvalue weighted by Crippen LogP contribution is -2.45. The third kappa shape index (κ3) is 6.18. The molecule has 0 spiro atoms. The molecule has 0 aliphatic rings. The topological polar surface area (TPSA) is 40.6 Å². The Bertz CT molecular complexity index is 1020. The number of hydrogen-bond donors (Lipinski definition) is 0. The summed E-state index contributed by atoms with van der Waals surface area (Å²) in [6.07, 6.45) is 0. The van der Waals surface area contributed by atoms with Gasteiger partial charge in [0.25, 0.3) is 5.91 Å². The van der Waals surface area contributed by atoms with E-state index in [1.54, 1.807) is 40.5 Å². The molecule has 6 heteroatoms. The van der Waals surface area contributed by atoms with E-state index in [0.29, 0.717) is 23.7 Å². The van der Waals surface area contributed by atoms with Gasteiger partial charge in [-0.2, -0.15) is 0 Å². The maximum atomic E-state index is 13.4. The molecule has 0 N–H and O–H groups in total. The van der Waals surface area contributed by atoms with Crippen molar-refractivity contribution in [2.24, 2.45) is 0 Å². The number of carbonyl (C=O) groups is 2. The van der Waals surface area contributed by atoms with E-state index in [2.05, 4.69) is 13.0 Å². The second-order valence-electron chi connectivity index (χ2n) is 7.80. The monoisotopic (exact) mass is 454 g/mol. The fraction of sp³-hybridized carbons (Fsp3) is 0.280. The first-order valence-electron chi connectivity index (χ1n) is 10.3. The Morgan fingerprint density at radius 2 is 1.65 bits per heavy atom. The Labute approximate surface area is 193 Å². The second-order valence-corrected chi connectivity index (χ2v) is 9.23. The van der Waals surface area contributed by atoms with Crippen LogP contribution in [0.1, 0.15) is 40.2 Å². The summed E-state index contributed by atoms with van der Waals surface area (Å²) < 4.78 is 0. The molecule has 0 radical (unpaired) electrons. The summed E-state index contributed by atoms with van der Waals surface area (Å²) >= 11 is 7.61. The van der Waals surface area contributed by atoms with E-state index in [1.807, 2.05) is 54.5 Å². The van der Waals surface area contributed by atoms with E-state index < -0.39 is 0 Å². The molecule has 0 bridgehead atoms. The molecule has 0 aliphatic carbocycles. The molecule has 31 heavy (non-hydrogen) atoms. The summed E-state index contributed by atoms with van der Waals surface area (Å²) in [4.78, 5) is 31.1. The molecule has 2 amide bonds. The molecule has 3 rings (SSSR count). The number of halogens is 1. The Morgan fingerprint density at radius 3 is 2.23 bits per heavy atom. The van der Waals surface area contributed by atoms with Crippen LogP contribution in [0.2, 0.25) is 5.02 Å². The van der Waals surface area contributed by atoms with E-state index in [1.165, 1.54) is 5.56 Å². The van der Waals surface area contributed by atoms with Gasteiger partial charge in [-0.15, -0.1) is 11.3 Å². The average Bonchev–Trinajstić information content (AvgIpc) is 3.16. The minimum atomic E-state index is -0.174. The van der Waals surface area contributed by atoms with Gasteiger partial charge < -0.3 is 9.80 Å². The predicted molar refractivity (Wildman–Crippen MR) is 127 cm³/mol. The van der Waals surface area contributed by atoms with Gasteiger partial charge in [0.15, 0.2) is 0 Å². The number of hydrogen-bond acceptors (Lipinski definition) is 3. The van der Waals surface area contributed by atoms with Crippen LogP contribution in [0.5, 0.6) is 0 Å². The highest BCUT2D eigenvalue weighted by Crippen LogP contribution is 2.20. The summed E-state index contributed by atoms with van der Waals surface area (Å²) in [6.45, 7) is 6.95. The molecule has 4 nitrogen and oxygen atoms in total. The lowest BCUT2D eigenvalue weighted by molar-refractivity contribution is -0.133. The van der Waals surface area contributed by atoms with E-state index >= 15 is 0 Å². The number of nitrogens with zero attached hydrogens (tertiary/aromatic N) is 2. The Hall–Kier alpha value is -2.63. The molecule has 0 saturated carbocycles. The van der Waals surface area contributed by atoms with Crippen LogP contribution in [0.15, 0.2) is 66.0 Å². The minimum absolute atomic E-state index is 0.0242. The number of aryl methyl sites for hydroxylation is 1. The van der Waals surface area contributed by atoms with Crippen molar-refractivity contribution in [1.29, 1.82) is 0 Å². The number of rotatable bonds is 8. The van der Waals surface area contributed by atoms with Gasteiger partial charge in [-0.25, -0.2) is 0 Å². The fourth-order valence-electron chi connectivity index (χ4n) is 3.27. The Balaban J connectivity index is 1.81. The highest BCUT2D eigenvalue weighted by Gasteiger charge is 2.25. The van der Waals surface area contributed by atoms with Crippen LogP contribution in [-0.4, -0.2) is 34.2 Å². The van der Waals surface area contributed by atoms with Crippen molar-refractivity contribution in [3.05, 3.63) is 92.6 Å². The van der Waals surface area contributed by atoms with E-state index in [4.69, 9.17) is 11.6 Å². The van der Waals surface area contributed by atoms with Crippen LogP contribution in [-0.2, 0) is 17.9 Å². The standard InChI is InChI=1S/C25H27ClN2O2S/c1-18(2)28(25(30)21-9-11-22(26)12-10-21)17-24(29)27(15-20-7-5-4-6-8-20)16-23-19(3)13-14-31-23/h4-14,18H,15-17H2,1-3H3. The molecule has 3 aromatic rings. The maximum absolute atomic E-state index is 13.4. The van der Waals surface area contributed by atoms with Crippen LogP contribution >= 0.6 is 22.9 Å². The van der Waals surface area contributed by atoms with Gasteiger partial charge in [-0.3, -0.25) is 9.59 Å². The van der Waals surface area contributed by atoms with Gasteiger partial charge >= 0.3 is 0 Å². The van der Waals surface area contributed by atoms with Gasteiger partial charge in [0.2, 0.25) is 5.91 Å². The third-order valence-corrected chi connectivity index (χ3v) is 6.41. The van der Waals surface area contributed by atoms with Crippen molar-refractivity contribution in [3.63, 3.8) is 0 Å². The first-order valence-corrected chi connectivity index (χ1v) is 11.5. The number of amides is 2. The van der Waals surface area contributed by atoms with Crippen molar-refractivity contribution >= 4 is 34.8 Å². The minimum Gasteiger partial charge on any atom is -0.332 e. The lowest BCUT2D eigenvalue weighted by Gasteiger charge is -2.30. The van der Waals surface area contributed by atoms with Crippen molar-refractivity contribution < 1.29 is 9.59 Å². The van der Waals surface area contributed by atoms with Gasteiger partial charge in [0.05, 0.1) is 6.54 Å². The molecular weight excluding hydrogens is 428 g/mol. The summed E-state index contributed by atoms with van der Waals surface area (Å²) in [5.74, 6) is -0.250. The Morgan fingerprint density at radius 1 is 0.968 bits per heavy atom. The highest BCUT2D eigenvalue weighted by molar-refractivity contribution is 7.10. The zero-order valence-corrected chi connectivity index (χ0v) is 19.6. The van der Waals surface area contributed by atoms with Crippen LogP contribution in [0.4, 0.5) is 0 Å². The van der Waals surface area contributed by atoms with Crippen molar-refractivity contribution in [1.82, 2.24) is 9.80 Å². The normalized spacial score (nSPS) is 10.9. The molecule has 0 fully saturated rings. The molecule has 0 aliphatic heterocycles. The first kappa shape index (κ1) is 23.0. The third-order valence-electron chi connectivity index (χ3n) is 5.15. The van der Waals surface area contributed by atoms with Gasteiger partial charge in [0, 0.05) is 28.0 Å². The quantitative estimate of drug-likeness (QED) is 0.432. The number of carbonyl (C=O) groups excluding carboxylic acids is 2. The molecule has 1 aromatic heterocycles. The van der Waals surface area contributed by atoms with Crippen LogP contribution in [0, 0.1) is 6.92 Å². The van der Waals surface area contributed by atoms with Crippen molar-refractivity contribution in [2.75, 3.05) is 6.54 Å². The lowest BCUT2D eigenvalue weighted by atomic mass is 10.1. The number of thiophene rings is 1. The SMILES string of the molecule is Cc1ccsc1CN(Cc1ccccc1)C(=O)CN(C(=O)c1ccc(Cl)cc1)C(C)C. The fourth-order valence-corrected chi connectivity index (χ4v) is 4.32. The summed E-state index contributed by atoms with van der Waals surface area (Å²) in [5, 5.41) is 2.62. The van der Waals surface area contributed by atoms with Crippen LogP contribution in [0.25, 0.3) is 0 Å². The van der Waals surface area contributed by atoms with Crippen LogP contribution < -0.4 is 0 Å². The van der Waals surface area contributed by atoms with Crippen molar-refractivity contribution in [2.45, 2.75) is 39.9 Å². The maximum Gasteiger partial charge on any atom is 0.254 e. The highest BCUT2D eigenvalue weighted by atomic mass is 35.5. The molecule has 2 aromatic carbocycles. The molecule has 0 saturated heterocycles.